The Kier molecular flexibility index (Phi) is 75.4. The number of carbonyl (C=O) groups is 4. The molecule has 0 radical (unpaired) electrons. The molecule has 5 atom stereocenters. The Hall–Kier alpha value is -5.58. The molecule has 0 bridgehead atoms. The molecule has 0 aromatic carbocycles. The third-order valence-electron chi connectivity index (χ3n) is 16.7. The van der Waals surface area contributed by atoms with Gasteiger partial charge >= 0.3 is 39.5 Å². The van der Waals surface area contributed by atoms with Crippen LogP contribution in [0.2, 0.25) is 0 Å². The molecule has 0 aliphatic carbocycles. The topological polar surface area (TPSA) is 237 Å². The molecule has 0 amide bonds. The summed E-state index contributed by atoms with van der Waals surface area (Å²) >= 11 is 0. The van der Waals surface area contributed by atoms with Crippen LogP contribution < -0.4 is 0 Å². The maximum atomic E-state index is 13.1. The summed E-state index contributed by atoms with van der Waals surface area (Å²) in [6.07, 6.45) is 94.7. The van der Waals surface area contributed by atoms with Crippen LogP contribution in [0.4, 0.5) is 0 Å². The van der Waals surface area contributed by atoms with Crippen molar-refractivity contribution >= 4 is 39.5 Å². The zero-order valence-corrected chi connectivity index (χ0v) is 69.0. The van der Waals surface area contributed by atoms with Crippen molar-refractivity contribution in [2.75, 3.05) is 39.6 Å². The van der Waals surface area contributed by atoms with Gasteiger partial charge in [-0.3, -0.25) is 37.3 Å². The van der Waals surface area contributed by atoms with E-state index in [4.69, 9.17) is 37.0 Å². The molecule has 0 aromatic heterocycles. The van der Waals surface area contributed by atoms with Crippen molar-refractivity contribution < 1.29 is 80.2 Å². The van der Waals surface area contributed by atoms with Gasteiger partial charge in [0, 0.05) is 25.7 Å². The van der Waals surface area contributed by atoms with Gasteiger partial charge in [0.25, 0.3) is 0 Å². The summed E-state index contributed by atoms with van der Waals surface area (Å²) in [5.41, 5.74) is 0. The average molecular weight is 1550 g/mol. The van der Waals surface area contributed by atoms with Crippen molar-refractivity contribution in [2.24, 2.45) is 0 Å². The number of esters is 4. The van der Waals surface area contributed by atoms with Crippen LogP contribution in [0.1, 0.15) is 310 Å². The Morgan fingerprint density at radius 2 is 0.491 bits per heavy atom. The molecule has 0 fully saturated rings. The SMILES string of the molecule is CC/C=C\C/C=C\C/C=C\C/C=C\C/C=C\CCCCCC(=O)OCC(COP(=O)(O)OCC(O)COP(=O)(O)OCC(COC(=O)CCC/C=C\C/C=C\C/C=C\C/C=C\C/C=C\CC)OC(=O)CCCCCCCCCCCCCCCCC)OC(=O)CCCCCC/C=C\C/C=C\C/C=C\C/C=C\CC. The highest BCUT2D eigenvalue weighted by Crippen LogP contribution is 2.45. The van der Waals surface area contributed by atoms with E-state index in [-0.39, 0.29) is 25.7 Å². The molecule has 0 saturated heterocycles. The monoisotopic (exact) mass is 1550 g/mol. The van der Waals surface area contributed by atoms with Crippen molar-refractivity contribution in [3.8, 4) is 0 Å². The van der Waals surface area contributed by atoms with E-state index in [0.29, 0.717) is 32.1 Å². The first-order valence-electron chi connectivity index (χ1n) is 41.4. The van der Waals surface area contributed by atoms with Crippen LogP contribution in [-0.4, -0.2) is 96.7 Å². The van der Waals surface area contributed by atoms with Crippen LogP contribution in [0.3, 0.4) is 0 Å². The van der Waals surface area contributed by atoms with E-state index in [2.05, 4.69) is 186 Å². The highest BCUT2D eigenvalue weighted by molar-refractivity contribution is 7.47. The first kappa shape index (κ1) is 102. The second-order valence-corrected chi connectivity index (χ2v) is 29.8. The number of carbonyl (C=O) groups excluding carboxylic acids is 4. The lowest BCUT2D eigenvalue weighted by molar-refractivity contribution is -0.161. The fourth-order valence-electron chi connectivity index (χ4n) is 10.5. The van der Waals surface area contributed by atoms with Crippen molar-refractivity contribution in [2.45, 2.75) is 329 Å². The van der Waals surface area contributed by atoms with Gasteiger partial charge in [0.2, 0.25) is 0 Å². The third kappa shape index (κ3) is 78.5. The largest absolute Gasteiger partial charge is 0.472 e. The van der Waals surface area contributed by atoms with Crippen LogP contribution in [0.5, 0.6) is 0 Å². The summed E-state index contributed by atoms with van der Waals surface area (Å²) in [6.45, 7) is 4.42. The third-order valence-corrected chi connectivity index (χ3v) is 18.6. The molecular weight excluding hydrogens is 1400 g/mol. The lowest BCUT2D eigenvalue weighted by atomic mass is 10.0. The van der Waals surface area contributed by atoms with E-state index in [1.165, 1.54) is 64.2 Å². The molecule has 0 heterocycles. The number of unbranched alkanes of at least 4 members (excludes halogenated alkanes) is 22. The van der Waals surface area contributed by atoms with E-state index in [1.807, 2.05) is 12.2 Å². The number of rotatable bonds is 76. The number of hydrogen-bond acceptors (Lipinski definition) is 15. The van der Waals surface area contributed by atoms with Crippen molar-refractivity contribution in [1.29, 1.82) is 0 Å². The van der Waals surface area contributed by atoms with E-state index in [9.17, 15) is 43.2 Å². The molecule has 0 aromatic rings. The van der Waals surface area contributed by atoms with Crippen molar-refractivity contribution in [1.82, 2.24) is 0 Å². The Morgan fingerprint density at radius 3 is 0.787 bits per heavy atom. The minimum Gasteiger partial charge on any atom is -0.462 e. The van der Waals surface area contributed by atoms with E-state index in [1.54, 1.807) is 0 Å². The molecule has 0 aliphatic heterocycles. The summed E-state index contributed by atoms with van der Waals surface area (Å²) in [5.74, 6) is -2.31. The Morgan fingerprint density at radius 1 is 0.269 bits per heavy atom. The summed E-state index contributed by atoms with van der Waals surface area (Å²) < 4.78 is 68.6. The molecule has 0 rings (SSSR count). The molecule has 3 N–H and O–H groups in total. The van der Waals surface area contributed by atoms with Crippen molar-refractivity contribution in [3.05, 3.63) is 170 Å². The highest BCUT2D eigenvalue weighted by atomic mass is 31.2. The van der Waals surface area contributed by atoms with Gasteiger partial charge in [-0.15, -0.1) is 0 Å². The number of aliphatic hydroxyl groups is 1. The Bertz CT molecular complexity index is 2710. The zero-order chi connectivity index (χ0) is 78.9. The van der Waals surface area contributed by atoms with Crippen molar-refractivity contribution in [3.63, 3.8) is 0 Å². The summed E-state index contributed by atoms with van der Waals surface area (Å²) in [6, 6.07) is 0. The van der Waals surface area contributed by atoms with Gasteiger partial charge in [0.1, 0.15) is 19.3 Å². The number of phosphoric acid groups is 2. The molecule has 0 saturated carbocycles. The minimum absolute atomic E-state index is 0.0521. The van der Waals surface area contributed by atoms with Gasteiger partial charge in [0.15, 0.2) is 12.2 Å². The summed E-state index contributed by atoms with van der Waals surface area (Å²) in [5, 5.41) is 10.7. The predicted octanol–water partition coefficient (Wildman–Crippen LogP) is 24.6. The van der Waals surface area contributed by atoms with E-state index < -0.39 is 97.5 Å². The smallest absolute Gasteiger partial charge is 0.462 e. The maximum Gasteiger partial charge on any atom is 0.472 e. The maximum absolute atomic E-state index is 13.1. The molecule has 17 nitrogen and oxygen atoms in total. The lowest BCUT2D eigenvalue weighted by Gasteiger charge is -2.21. The number of aliphatic hydroxyl groups excluding tert-OH is 1. The standard InChI is InChI=1S/C89H146O17P2/c1-5-9-13-17-21-25-29-33-37-40-41-44-47-50-54-58-62-66-70-74-87(92)100-80-85(106-89(94)76-72-68-64-60-56-52-48-43-39-35-31-27-23-19-15-11-7-3)82-104-108(97,98)102-78-83(90)77-101-107(95,96)103-81-84(105-88(93)75-71-67-63-59-55-51-45-36-32-28-24-20-16-12-8-4)79-99-86(91)73-69-65-61-57-53-49-46-42-38-34-30-26-22-18-14-10-6-2/h9-11,13-15,21-23,25-27,33-35,37-39,41,44,46,48-50,52,54,57,61,83-85,90H,5-8,12,16-20,24,28-32,36,40,42-43,45,47,51,53,55-56,58-60,62-82H2,1-4H3,(H,95,96)(H,97,98)/b13-9-,14-10-,15-11-,25-21-,26-22-,27-23-,37-33-,38-34-,39-35-,44-41-,49-46-,52-48-,54-50-,61-57-. The van der Waals surface area contributed by atoms with Crippen LogP contribution in [0, 0.1) is 0 Å². The minimum atomic E-state index is -5.01. The van der Waals surface area contributed by atoms with Gasteiger partial charge in [-0.05, 0) is 148 Å². The number of phosphoric ester groups is 2. The fraction of sp³-hybridized carbons (Fsp3) is 0.640. The Balaban J connectivity index is 5.48. The van der Waals surface area contributed by atoms with Gasteiger partial charge in [-0.2, -0.15) is 0 Å². The van der Waals surface area contributed by atoms with E-state index in [0.717, 1.165) is 161 Å². The van der Waals surface area contributed by atoms with Gasteiger partial charge in [0.05, 0.1) is 26.4 Å². The van der Waals surface area contributed by atoms with E-state index >= 15 is 0 Å². The zero-order valence-electron chi connectivity index (χ0n) is 67.2. The number of hydrogen-bond donors (Lipinski definition) is 3. The van der Waals surface area contributed by atoms with Gasteiger partial charge in [-0.25, -0.2) is 9.13 Å². The number of ether oxygens (including phenoxy) is 4. The normalized spacial score (nSPS) is 14.7. The second kappa shape index (κ2) is 79.5. The lowest BCUT2D eigenvalue weighted by Crippen LogP contribution is -2.30. The van der Waals surface area contributed by atoms with Crippen LogP contribution in [0.25, 0.3) is 0 Å². The summed E-state index contributed by atoms with van der Waals surface area (Å²) in [7, 11) is -10.0. The fourth-order valence-corrected chi connectivity index (χ4v) is 12.1. The van der Waals surface area contributed by atoms with Gasteiger partial charge in [-0.1, -0.05) is 307 Å². The average Bonchev–Trinajstić information content (AvgIpc) is 0.906. The Labute approximate surface area is 654 Å². The first-order chi connectivity index (χ1) is 52.7. The molecule has 614 valence electrons. The van der Waals surface area contributed by atoms with Crippen LogP contribution in [-0.2, 0) is 65.4 Å². The molecular formula is C89H146O17P2. The molecule has 5 unspecified atom stereocenters. The predicted molar refractivity (Wildman–Crippen MR) is 445 cm³/mol. The van der Waals surface area contributed by atoms with Crippen LogP contribution >= 0.6 is 15.6 Å². The summed E-state index contributed by atoms with van der Waals surface area (Å²) in [4.78, 5) is 73.2. The molecule has 0 spiro atoms. The molecule has 19 heteroatoms. The number of allylic oxidation sites excluding steroid dienone is 28. The quantitative estimate of drug-likeness (QED) is 0.0169. The molecule has 0 aliphatic rings. The first-order valence-corrected chi connectivity index (χ1v) is 44.4. The molecule has 108 heavy (non-hydrogen) atoms. The second-order valence-electron chi connectivity index (χ2n) is 26.9. The highest BCUT2D eigenvalue weighted by Gasteiger charge is 2.30. The van der Waals surface area contributed by atoms with Gasteiger partial charge < -0.3 is 33.8 Å². The van der Waals surface area contributed by atoms with Crippen LogP contribution in [0.15, 0.2) is 170 Å².